The molecule has 1 aromatic rings. The number of aromatic nitrogens is 1. The van der Waals surface area contributed by atoms with E-state index in [0.29, 0.717) is 6.54 Å². The third-order valence-corrected chi connectivity index (χ3v) is 4.75. The number of nitrogens with zero attached hydrogens (tertiary/aromatic N) is 2. The minimum atomic E-state index is 0.606. The summed E-state index contributed by atoms with van der Waals surface area (Å²) < 4.78 is 0. The molecule has 2 heterocycles. The van der Waals surface area contributed by atoms with Gasteiger partial charge in [-0.1, -0.05) is 13.8 Å². The smallest absolute Gasteiger partial charge is 0.133 e. The Bertz CT molecular complexity index is 473. The molecule has 2 atom stereocenters. The van der Waals surface area contributed by atoms with Crippen molar-refractivity contribution in [3.05, 3.63) is 22.9 Å². The Morgan fingerprint density at radius 2 is 1.90 bits per heavy atom. The number of fused-ring (bicyclic) bond motifs is 1. The first-order chi connectivity index (χ1) is 9.67. The molecule has 3 heteroatoms. The van der Waals surface area contributed by atoms with E-state index < -0.39 is 0 Å². The topological polar surface area (TPSA) is 42.2 Å². The second kappa shape index (κ2) is 5.72. The quantitative estimate of drug-likeness (QED) is 0.901. The predicted octanol–water partition coefficient (Wildman–Crippen LogP) is 2.90. The maximum atomic E-state index is 5.99. The Balaban J connectivity index is 1.95. The first-order valence-electron chi connectivity index (χ1n) is 8.14. The molecule has 2 aliphatic rings. The van der Waals surface area contributed by atoms with Crippen molar-refractivity contribution >= 4 is 5.82 Å². The highest BCUT2D eigenvalue weighted by Crippen LogP contribution is 2.30. The van der Waals surface area contributed by atoms with E-state index in [9.17, 15) is 0 Å². The van der Waals surface area contributed by atoms with Crippen LogP contribution in [0.3, 0.4) is 0 Å². The van der Waals surface area contributed by atoms with Gasteiger partial charge in [-0.15, -0.1) is 0 Å². The number of pyridine rings is 1. The zero-order valence-corrected chi connectivity index (χ0v) is 12.9. The number of hydrogen-bond acceptors (Lipinski definition) is 3. The minimum Gasteiger partial charge on any atom is -0.356 e. The largest absolute Gasteiger partial charge is 0.356 e. The lowest BCUT2D eigenvalue weighted by Gasteiger charge is -2.37. The van der Waals surface area contributed by atoms with Crippen LogP contribution >= 0.6 is 0 Å². The van der Waals surface area contributed by atoms with Gasteiger partial charge >= 0.3 is 0 Å². The van der Waals surface area contributed by atoms with Gasteiger partial charge in [-0.05, 0) is 55.6 Å². The Morgan fingerprint density at radius 1 is 1.20 bits per heavy atom. The van der Waals surface area contributed by atoms with Crippen molar-refractivity contribution in [1.29, 1.82) is 0 Å². The molecule has 1 aliphatic carbocycles. The fourth-order valence-electron chi connectivity index (χ4n) is 3.93. The molecular formula is C17H27N3. The molecule has 110 valence electrons. The van der Waals surface area contributed by atoms with Gasteiger partial charge in [-0.2, -0.15) is 0 Å². The van der Waals surface area contributed by atoms with Gasteiger partial charge in [0.1, 0.15) is 5.82 Å². The zero-order chi connectivity index (χ0) is 14.1. The summed E-state index contributed by atoms with van der Waals surface area (Å²) in [6.45, 7) is 7.56. The first kappa shape index (κ1) is 13.9. The summed E-state index contributed by atoms with van der Waals surface area (Å²) >= 11 is 0. The summed E-state index contributed by atoms with van der Waals surface area (Å²) in [5.74, 6) is 2.68. The number of aryl methyl sites for hydroxylation is 2. The lowest BCUT2D eigenvalue weighted by Crippen LogP contribution is -2.40. The molecule has 0 radical (unpaired) electrons. The van der Waals surface area contributed by atoms with Gasteiger partial charge in [0.05, 0.1) is 0 Å². The molecule has 0 spiro atoms. The number of rotatable bonds is 2. The average Bonchev–Trinajstić information content (AvgIpc) is 2.44. The summed E-state index contributed by atoms with van der Waals surface area (Å²) in [5.41, 5.74) is 10.0. The maximum absolute atomic E-state index is 5.99. The molecule has 20 heavy (non-hydrogen) atoms. The summed E-state index contributed by atoms with van der Waals surface area (Å²) in [6, 6.07) is 2.33. The highest BCUT2D eigenvalue weighted by atomic mass is 15.2. The SMILES string of the molecule is CC1CC(C)CN(c2nc3c(cc2CN)CCCC3)C1. The Kier molecular flexibility index (Phi) is 3.97. The standard InChI is InChI=1S/C17H27N3/c1-12-7-13(2)11-20(10-12)17-15(9-18)8-14-5-3-4-6-16(14)19-17/h8,12-13H,3-7,9-11,18H2,1-2H3. The van der Waals surface area contributed by atoms with Gasteiger partial charge in [0.15, 0.2) is 0 Å². The van der Waals surface area contributed by atoms with E-state index in [2.05, 4.69) is 24.8 Å². The van der Waals surface area contributed by atoms with Crippen LogP contribution in [0, 0.1) is 11.8 Å². The minimum absolute atomic E-state index is 0.606. The molecule has 2 unspecified atom stereocenters. The van der Waals surface area contributed by atoms with Gasteiger partial charge in [0.25, 0.3) is 0 Å². The summed E-state index contributed by atoms with van der Waals surface area (Å²) in [7, 11) is 0. The number of hydrogen-bond donors (Lipinski definition) is 1. The average molecular weight is 273 g/mol. The van der Waals surface area contributed by atoms with Gasteiger partial charge in [0.2, 0.25) is 0 Å². The molecule has 0 saturated carbocycles. The lowest BCUT2D eigenvalue weighted by atomic mass is 9.91. The van der Waals surface area contributed by atoms with Gasteiger partial charge in [-0.3, -0.25) is 0 Å². The van der Waals surface area contributed by atoms with Crippen LogP contribution in [0.4, 0.5) is 5.82 Å². The highest BCUT2D eigenvalue weighted by molar-refractivity contribution is 5.51. The van der Waals surface area contributed by atoms with Crippen molar-refractivity contribution in [1.82, 2.24) is 4.98 Å². The molecule has 1 fully saturated rings. The van der Waals surface area contributed by atoms with Crippen molar-refractivity contribution in [2.45, 2.75) is 52.5 Å². The number of anilines is 1. The normalized spacial score (nSPS) is 26.4. The molecule has 3 nitrogen and oxygen atoms in total. The second-order valence-electron chi connectivity index (χ2n) is 6.84. The molecule has 1 aliphatic heterocycles. The van der Waals surface area contributed by atoms with Crippen molar-refractivity contribution in [2.24, 2.45) is 17.6 Å². The van der Waals surface area contributed by atoms with Crippen LogP contribution in [-0.2, 0) is 19.4 Å². The van der Waals surface area contributed by atoms with Crippen LogP contribution in [0.1, 0.15) is 49.9 Å². The van der Waals surface area contributed by atoms with Crippen LogP contribution in [0.15, 0.2) is 6.07 Å². The molecule has 3 rings (SSSR count). The Morgan fingerprint density at radius 3 is 2.60 bits per heavy atom. The molecule has 1 aromatic heterocycles. The molecule has 0 amide bonds. The fraction of sp³-hybridized carbons (Fsp3) is 0.706. The van der Waals surface area contributed by atoms with Crippen molar-refractivity contribution in [3.63, 3.8) is 0 Å². The van der Waals surface area contributed by atoms with E-state index in [1.807, 2.05) is 0 Å². The second-order valence-corrected chi connectivity index (χ2v) is 6.84. The number of nitrogens with two attached hydrogens (primary N) is 1. The zero-order valence-electron chi connectivity index (χ0n) is 12.9. The Hall–Kier alpha value is -1.09. The fourth-order valence-corrected chi connectivity index (χ4v) is 3.93. The molecule has 1 saturated heterocycles. The van der Waals surface area contributed by atoms with Crippen LogP contribution in [-0.4, -0.2) is 18.1 Å². The van der Waals surface area contributed by atoms with Crippen molar-refractivity contribution < 1.29 is 0 Å². The number of piperidine rings is 1. The third-order valence-electron chi connectivity index (χ3n) is 4.75. The first-order valence-corrected chi connectivity index (χ1v) is 8.14. The van der Waals surface area contributed by atoms with Crippen molar-refractivity contribution in [3.8, 4) is 0 Å². The van der Waals surface area contributed by atoms with E-state index in [4.69, 9.17) is 10.7 Å². The summed E-state index contributed by atoms with van der Waals surface area (Å²) in [4.78, 5) is 7.50. The van der Waals surface area contributed by atoms with E-state index >= 15 is 0 Å². The van der Waals surface area contributed by atoms with E-state index in [1.165, 1.54) is 48.3 Å². The van der Waals surface area contributed by atoms with Crippen LogP contribution in [0.2, 0.25) is 0 Å². The van der Waals surface area contributed by atoms with Crippen LogP contribution in [0.25, 0.3) is 0 Å². The van der Waals surface area contributed by atoms with E-state index in [1.54, 1.807) is 0 Å². The summed E-state index contributed by atoms with van der Waals surface area (Å²) in [6.07, 6.45) is 6.25. The van der Waals surface area contributed by atoms with E-state index in [-0.39, 0.29) is 0 Å². The predicted molar refractivity (Wildman–Crippen MR) is 83.9 cm³/mol. The molecule has 0 aromatic carbocycles. The maximum Gasteiger partial charge on any atom is 0.133 e. The molecular weight excluding hydrogens is 246 g/mol. The summed E-state index contributed by atoms with van der Waals surface area (Å²) in [5, 5.41) is 0. The van der Waals surface area contributed by atoms with Crippen LogP contribution in [0.5, 0.6) is 0 Å². The van der Waals surface area contributed by atoms with Gasteiger partial charge in [0, 0.05) is 30.9 Å². The highest BCUT2D eigenvalue weighted by Gasteiger charge is 2.25. The van der Waals surface area contributed by atoms with Crippen molar-refractivity contribution in [2.75, 3.05) is 18.0 Å². The molecule has 0 bridgehead atoms. The molecule has 2 N–H and O–H groups in total. The Labute approximate surface area is 122 Å². The van der Waals surface area contributed by atoms with Gasteiger partial charge < -0.3 is 10.6 Å². The lowest BCUT2D eigenvalue weighted by molar-refractivity contribution is 0.354. The monoisotopic (exact) mass is 273 g/mol. The van der Waals surface area contributed by atoms with Gasteiger partial charge in [-0.25, -0.2) is 4.98 Å². The third kappa shape index (κ3) is 2.69. The van der Waals surface area contributed by atoms with E-state index in [0.717, 1.165) is 31.3 Å². The van der Waals surface area contributed by atoms with Crippen LogP contribution < -0.4 is 10.6 Å².